The predicted molar refractivity (Wildman–Crippen MR) is 54.1 cm³/mol. The van der Waals surface area contributed by atoms with Crippen LogP contribution in [0.2, 0.25) is 0 Å². The molecule has 0 radical (unpaired) electrons. The van der Waals surface area contributed by atoms with E-state index in [0.717, 1.165) is 32.5 Å². The van der Waals surface area contributed by atoms with Gasteiger partial charge in [0, 0.05) is 0 Å². The van der Waals surface area contributed by atoms with Gasteiger partial charge >= 0.3 is 84.5 Å². The van der Waals surface area contributed by atoms with Crippen molar-refractivity contribution in [1.82, 2.24) is 5.32 Å². The third-order valence-electron chi connectivity index (χ3n) is 1.83. The summed E-state index contributed by atoms with van der Waals surface area (Å²) in [7, 11) is 0. The number of hydrogen-bond acceptors (Lipinski definition) is 3. The molecule has 0 aliphatic heterocycles. The molecule has 12 heavy (non-hydrogen) atoms. The summed E-state index contributed by atoms with van der Waals surface area (Å²) in [4.78, 5) is 0. The Labute approximate surface area is 84.8 Å². The summed E-state index contributed by atoms with van der Waals surface area (Å²) in [6, 6.07) is 0. The van der Waals surface area contributed by atoms with Crippen LogP contribution >= 0.6 is 0 Å². The second kappa shape index (κ2) is 9.56. The minimum absolute atomic E-state index is 0.321. The molecule has 0 heterocycles. The second-order valence-corrected chi connectivity index (χ2v) is 3.37. The molecule has 0 saturated heterocycles. The molecule has 0 aliphatic carbocycles. The molecule has 5 N–H and O–H groups in total. The Morgan fingerprint density at radius 1 is 1.17 bits per heavy atom. The Balaban J connectivity index is 2.82. The van der Waals surface area contributed by atoms with Crippen LogP contribution in [0.5, 0.6) is 0 Å². The molecule has 3 nitrogen and oxygen atoms in total. The van der Waals surface area contributed by atoms with Gasteiger partial charge in [-0.1, -0.05) is 0 Å². The van der Waals surface area contributed by atoms with Crippen molar-refractivity contribution in [3.05, 3.63) is 0 Å². The summed E-state index contributed by atoms with van der Waals surface area (Å²) >= 11 is 2.04. The number of nitrogens with one attached hydrogen (secondary N) is 1. The van der Waals surface area contributed by atoms with Gasteiger partial charge in [0.25, 0.3) is 0 Å². The van der Waals surface area contributed by atoms with Crippen LogP contribution in [0.25, 0.3) is 0 Å². The topological polar surface area (TPSA) is 64.1 Å². The van der Waals surface area contributed by atoms with E-state index in [4.69, 9.17) is 11.5 Å². The van der Waals surface area contributed by atoms with Gasteiger partial charge in [-0.2, -0.15) is 0 Å². The number of nitrogens with two attached hydrogens (primary N) is 2. The molecule has 1 atom stereocenters. The molecule has 0 aliphatic rings. The molecular formula is C8H20LiN3. The van der Waals surface area contributed by atoms with Crippen molar-refractivity contribution in [1.29, 1.82) is 0 Å². The molecule has 68 valence electrons. The predicted octanol–water partition coefficient (Wildman–Crippen LogP) is -0.452. The summed E-state index contributed by atoms with van der Waals surface area (Å²) in [6.07, 6.45) is 4.68. The van der Waals surface area contributed by atoms with Crippen molar-refractivity contribution < 1.29 is 0 Å². The van der Waals surface area contributed by atoms with E-state index < -0.39 is 0 Å². The van der Waals surface area contributed by atoms with Crippen LogP contribution in [-0.2, 0) is 0 Å². The average molecular weight is 165 g/mol. The van der Waals surface area contributed by atoms with Gasteiger partial charge in [0.2, 0.25) is 0 Å². The average Bonchev–Trinajstić information content (AvgIpc) is 2.02. The first-order valence-corrected chi connectivity index (χ1v) is 4.93. The number of unbranched alkanes of at least 4 members (excludes halogenated alkanes) is 2. The van der Waals surface area contributed by atoms with Crippen molar-refractivity contribution in [2.75, 3.05) is 19.6 Å². The van der Waals surface area contributed by atoms with E-state index in [-0.39, 0.29) is 0 Å². The van der Waals surface area contributed by atoms with Crippen LogP contribution in [0.15, 0.2) is 0 Å². The van der Waals surface area contributed by atoms with Crippen molar-refractivity contribution in [3.63, 3.8) is 0 Å². The molecule has 0 amide bonds. The van der Waals surface area contributed by atoms with Gasteiger partial charge < -0.3 is 0 Å². The van der Waals surface area contributed by atoms with Crippen LogP contribution < -0.4 is 16.8 Å². The van der Waals surface area contributed by atoms with E-state index in [1.54, 1.807) is 0 Å². The first kappa shape index (κ1) is 12.5. The molecule has 0 fully saturated rings. The molecule has 0 spiro atoms. The minimum atomic E-state index is 0.321. The first-order chi connectivity index (χ1) is 5.77. The van der Waals surface area contributed by atoms with Crippen molar-refractivity contribution >= 4 is 17.7 Å². The molecule has 4 heteroatoms. The maximum absolute atomic E-state index is 5.60. The Bertz CT molecular complexity index is 88.4. The SMILES string of the molecule is [Li][CH](N)CCNCCCCCN. The zero-order valence-electron chi connectivity index (χ0n) is 8.18. The third kappa shape index (κ3) is 10.5. The molecule has 0 saturated carbocycles. The quantitative estimate of drug-likeness (QED) is 0.337. The molecule has 0 bridgehead atoms. The standard InChI is InChI=1S/C8H20N3.Li/c9-5-2-1-3-7-11-8-4-6-10;/h6,11H,1-5,7-10H2;. The van der Waals surface area contributed by atoms with Crippen molar-refractivity contribution in [2.45, 2.75) is 30.4 Å². The summed E-state index contributed by atoms with van der Waals surface area (Å²) in [6.45, 7) is 2.97. The number of rotatable bonds is 8. The Kier molecular flexibility index (Phi) is 9.95. The van der Waals surface area contributed by atoms with E-state index >= 15 is 0 Å². The van der Waals surface area contributed by atoms with Gasteiger partial charge in [-0.25, -0.2) is 0 Å². The Morgan fingerprint density at radius 3 is 2.50 bits per heavy atom. The first-order valence-electron chi connectivity index (χ1n) is 4.93. The van der Waals surface area contributed by atoms with E-state index in [1.165, 1.54) is 12.8 Å². The van der Waals surface area contributed by atoms with Gasteiger partial charge in [-0.15, -0.1) is 0 Å². The van der Waals surface area contributed by atoms with E-state index in [1.807, 2.05) is 17.7 Å². The van der Waals surface area contributed by atoms with Crippen LogP contribution in [-0.4, -0.2) is 42.1 Å². The zero-order valence-corrected chi connectivity index (χ0v) is 8.18. The van der Waals surface area contributed by atoms with Crippen LogP contribution in [0, 0.1) is 0 Å². The summed E-state index contributed by atoms with van der Waals surface area (Å²) in [5.74, 6) is 0. The van der Waals surface area contributed by atoms with Crippen LogP contribution in [0.4, 0.5) is 0 Å². The third-order valence-corrected chi connectivity index (χ3v) is 1.83. The fraction of sp³-hybridized carbons (Fsp3) is 1.00. The fourth-order valence-corrected chi connectivity index (χ4v) is 1.03. The maximum atomic E-state index is 5.60. The van der Waals surface area contributed by atoms with Gasteiger partial charge in [-0.3, -0.25) is 0 Å². The van der Waals surface area contributed by atoms with E-state index in [2.05, 4.69) is 5.32 Å². The molecule has 0 aromatic heterocycles. The van der Waals surface area contributed by atoms with Gasteiger partial charge in [0.1, 0.15) is 0 Å². The summed E-state index contributed by atoms with van der Waals surface area (Å²) in [5.41, 5.74) is 11.0. The summed E-state index contributed by atoms with van der Waals surface area (Å²) in [5, 5.41) is 3.35. The van der Waals surface area contributed by atoms with Crippen molar-refractivity contribution in [2.24, 2.45) is 11.5 Å². The molecule has 1 unspecified atom stereocenters. The van der Waals surface area contributed by atoms with Crippen LogP contribution in [0.3, 0.4) is 0 Å². The van der Waals surface area contributed by atoms with Gasteiger partial charge in [-0.05, 0) is 0 Å². The second-order valence-electron chi connectivity index (χ2n) is 3.37. The van der Waals surface area contributed by atoms with Gasteiger partial charge in [0.15, 0.2) is 0 Å². The normalized spacial score (nSPS) is 13.3. The zero-order chi connectivity index (χ0) is 9.23. The van der Waals surface area contributed by atoms with Crippen molar-refractivity contribution in [3.8, 4) is 0 Å². The van der Waals surface area contributed by atoms with Crippen LogP contribution in [0.1, 0.15) is 25.7 Å². The molecule has 0 aromatic rings. The number of hydrogen-bond donors (Lipinski definition) is 3. The van der Waals surface area contributed by atoms with E-state index in [9.17, 15) is 0 Å². The monoisotopic (exact) mass is 165 g/mol. The van der Waals surface area contributed by atoms with Gasteiger partial charge in [0.05, 0.1) is 0 Å². The Hall–Kier alpha value is 0.477. The summed E-state index contributed by atoms with van der Waals surface area (Å²) < 4.78 is 0.321. The molecule has 0 rings (SSSR count). The fourth-order valence-electron chi connectivity index (χ4n) is 1.03. The Morgan fingerprint density at radius 2 is 1.92 bits per heavy atom. The van der Waals surface area contributed by atoms with E-state index in [0.29, 0.717) is 4.71 Å². The molecule has 0 aromatic carbocycles. The molecular weight excluding hydrogens is 145 g/mol.